The van der Waals surface area contributed by atoms with Crippen LogP contribution in [0.2, 0.25) is 0 Å². The SMILES string of the molecule is Cc1ccc(OCCCC(C)C)c(C#CCN)c1. The van der Waals surface area contributed by atoms with Crippen LogP contribution in [0, 0.1) is 24.7 Å². The van der Waals surface area contributed by atoms with Gasteiger partial charge in [0.15, 0.2) is 0 Å². The zero-order valence-electron chi connectivity index (χ0n) is 11.6. The van der Waals surface area contributed by atoms with E-state index in [2.05, 4.69) is 32.6 Å². The number of rotatable bonds is 5. The van der Waals surface area contributed by atoms with Gasteiger partial charge in [0, 0.05) is 0 Å². The predicted octanol–water partition coefficient (Wildman–Crippen LogP) is 3.12. The normalized spacial score (nSPS) is 10.1. The van der Waals surface area contributed by atoms with Crippen molar-refractivity contribution in [2.24, 2.45) is 11.7 Å². The van der Waals surface area contributed by atoms with E-state index in [1.54, 1.807) is 0 Å². The van der Waals surface area contributed by atoms with Gasteiger partial charge in [-0.25, -0.2) is 0 Å². The lowest BCUT2D eigenvalue weighted by Crippen LogP contribution is -2.01. The number of hydrogen-bond acceptors (Lipinski definition) is 2. The summed E-state index contributed by atoms with van der Waals surface area (Å²) in [5.74, 6) is 7.53. The van der Waals surface area contributed by atoms with Crippen LogP contribution in [0.3, 0.4) is 0 Å². The van der Waals surface area contributed by atoms with Crippen molar-refractivity contribution in [3.8, 4) is 17.6 Å². The molecular weight excluding hydrogens is 222 g/mol. The molecule has 0 fully saturated rings. The number of aryl methyl sites for hydroxylation is 1. The summed E-state index contributed by atoms with van der Waals surface area (Å²) in [5, 5.41) is 0. The molecule has 1 aromatic rings. The second-order valence-corrected chi connectivity index (χ2v) is 4.89. The first-order valence-corrected chi connectivity index (χ1v) is 6.56. The van der Waals surface area contributed by atoms with Gasteiger partial charge in [-0.2, -0.15) is 0 Å². The van der Waals surface area contributed by atoms with Crippen LogP contribution in [0.4, 0.5) is 0 Å². The zero-order chi connectivity index (χ0) is 13.4. The van der Waals surface area contributed by atoms with Gasteiger partial charge in [-0.3, -0.25) is 0 Å². The Labute approximate surface area is 111 Å². The highest BCUT2D eigenvalue weighted by atomic mass is 16.5. The molecule has 98 valence electrons. The lowest BCUT2D eigenvalue weighted by Gasteiger charge is -2.10. The summed E-state index contributed by atoms with van der Waals surface area (Å²) in [7, 11) is 0. The first kappa shape index (κ1) is 14.6. The summed E-state index contributed by atoms with van der Waals surface area (Å²) in [6.45, 7) is 7.63. The standard InChI is InChI=1S/C16H23NO/c1-13(2)6-5-11-18-16-9-8-14(3)12-15(16)7-4-10-17/h8-9,12-13H,5-6,10-11,17H2,1-3H3. The van der Waals surface area contributed by atoms with Crippen molar-refractivity contribution in [2.45, 2.75) is 33.6 Å². The van der Waals surface area contributed by atoms with Gasteiger partial charge in [0.1, 0.15) is 5.75 Å². The van der Waals surface area contributed by atoms with E-state index >= 15 is 0 Å². The Hall–Kier alpha value is -1.46. The lowest BCUT2D eigenvalue weighted by atomic mass is 10.1. The molecule has 1 rings (SSSR count). The van der Waals surface area contributed by atoms with E-state index in [1.165, 1.54) is 12.0 Å². The van der Waals surface area contributed by atoms with Crippen molar-refractivity contribution in [2.75, 3.05) is 13.2 Å². The van der Waals surface area contributed by atoms with Crippen LogP contribution < -0.4 is 10.5 Å². The molecule has 2 heteroatoms. The zero-order valence-corrected chi connectivity index (χ0v) is 11.6. The molecule has 0 spiro atoms. The Bertz CT molecular complexity index is 426. The Morgan fingerprint density at radius 1 is 1.33 bits per heavy atom. The molecular formula is C16H23NO. The molecule has 0 saturated heterocycles. The third-order valence-corrected chi connectivity index (χ3v) is 2.64. The van der Waals surface area contributed by atoms with E-state index in [9.17, 15) is 0 Å². The van der Waals surface area contributed by atoms with Gasteiger partial charge < -0.3 is 10.5 Å². The number of hydrogen-bond donors (Lipinski definition) is 1. The van der Waals surface area contributed by atoms with Gasteiger partial charge in [0.2, 0.25) is 0 Å². The number of benzene rings is 1. The molecule has 0 aromatic heterocycles. The van der Waals surface area contributed by atoms with Crippen LogP contribution in [-0.2, 0) is 0 Å². The monoisotopic (exact) mass is 245 g/mol. The Morgan fingerprint density at radius 3 is 2.78 bits per heavy atom. The molecule has 0 saturated carbocycles. The van der Waals surface area contributed by atoms with Crippen LogP contribution in [0.1, 0.15) is 37.8 Å². The van der Waals surface area contributed by atoms with Crippen LogP contribution >= 0.6 is 0 Å². The largest absolute Gasteiger partial charge is 0.492 e. The minimum absolute atomic E-state index is 0.376. The quantitative estimate of drug-likeness (QED) is 0.639. The first-order chi connectivity index (χ1) is 8.63. The minimum atomic E-state index is 0.376. The molecule has 0 aliphatic rings. The fourth-order valence-electron chi connectivity index (χ4n) is 1.69. The molecule has 0 atom stereocenters. The summed E-state index contributed by atoms with van der Waals surface area (Å²) in [6.07, 6.45) is 2.27. The maximum atomic E-state index is 5.80. The van der Waals surface area contributed by atoms with Gasteiger partial charge in [0.05, 0.1) is 18.7 Å². The second kappa shape index (κ2) is 7.79. The van der Waals surface area contributed by atoms with Crippen molar-refractivity contribution < 1.29 is 4.74 Å². The fourth-order valence-corrected chi connectivity index (χ4v) is 1.69. The first-order valence-electron chi connectivity index (χ1n) is 6.56. The van der Waals surface area contributed by atoms with Gasteiger partial charge in [-0.1, -0.05) is 31.8 Å². The molecule has 0 bridgehead atoms. The molecule has 0 radical (unpaired) electrons. The topological polar surface area (TPSA) is 35.2 Å². The minimum Gasteiger partial charge on any atom is -0.492 e. The maximum absolute atomic E-state index is 5.80. The summed E-state index contributed by atoms with van der Waals surface area (Å²) >= 11 is 0. The van der Waals surface area contributed by atoms with E-state index < -0.39 is 0 Å². The number of ether oxygens (including phenoxy) is 1. The van der Waals surface area contributed by atoms with Crippen molar-refractivity contribution in [1.82, 2.24) is 0 Å². The van der Waals surface area contributed by atoms with E-state index in [1.807, 2.05) is 18.2 Å². The molecule has 0 heterocycles. The van der Waals surface area contributed by atoms with Gasteiger partial charge in [-0.15, -0.1) is 0 Å². The molecule has 0 unspecified atom stereocenters. The van der Waals surface area contributed by atoms with E-state index in [-0.39, 0.29) is 0 Å². The Kier molecular flexibility index (Phi) is 6.32. The van der Waals surface area contributed by atoms with Crippen LogP contribution in [-0.4, -0.2) is 13.2 Å². The predicted molar refractivity (Wildman–Crippen MR) is 76.7 cm³/mol. The molecule has 2 nitrogen and oxygen atoms in total. The van der Waals surface area contributed by atoms with Crippen molar-refractivity contribution in [3.05, 3.63) is 29.3 Å². The molecule has 1 aromatic carbocycles. The summed E-state index contributed by atoms with van der Waals surface area (Å²) in [5.41, 5.74) is 7.53. The van der Waals surface area contributed by atoms with Gasteiger partial charge in [0.25, 0.3) is 0 Å². The third kappa shape index (κ3) is 5.25. The molecule has 0 aliphatic carbocycles. The summed E-state index contributed by atoms with van der Waals surface area (Å²) in [4.78, 5) is 0. The van der Waals surface area contributed by atoms with Crippen LogP contribution in [0.25, 0.3) is 0 Å². The van der Waals surface area contributed by atoms with Crippen molar-refractivity contribution in [1.29, 1.82) is 0 Å². The summed E-state index contributed by atoms with van der Waals surface area (Å²) in [6, 6.07) is 6.08. The number of nitrogens with two attached hydrogens (primary N) is 1. The third-order valence-electron chi connectivity index (χ3n) is 2.64. The fraction of sp³-hybridized carbons (Fsp3) is 0.500. The van der Waals surface area contributed by atoms with Crippen LogP contribution in [0.15, 0.2) is 18.2 Å². The van der Waals surface area contributed by atoms with Crippen molar-refractivity contribution >= 4 is 0 Å². The molecule has 0 amide bonds. The van der Waals surface area contributed by atoms with Gasteiger partial charge in [-0.05, 0) is 43.4 Å². The highest BCUT2D eigenvalue weighted by molar-refractivity contribution is 5.48. The average Bonchev–Trinajstić information content (AvgIpc) is 2.33. The maximum Gasteiger partial charge on any atom is 0.134 e. The van der Waals surface area contributed by atoms with E-state index in [0.717, 1.165) is 30.3 Å². The Morgan fingerprint density at radius 2 is 2.11 bits per heavy atom. The average molecular weight is 245 g/mol. The highest BCUT2D eigenvalue weighted by Gasteiger charge is 2.02. The molecule has 2 N–H and O–H groups in total. The lowest BCUT2D eigenvalue weighted by molar-refractivity contribution is 0.297. The highest BCUT2D eigenvalue weighted by Crippen LogP contribution is 2.19. The Balaban J connectivity index is 2.63. The van der Waals surface area contributed by atoms with Crippen LogP contribution in [0.5, 0.6) is 5.75 Å². The van der Waals surface area contributed by atoms with Crippen molar-refractivity contribution in [3.63, 3.8) is 0 Å². The van der Waals surface area contributed by atoms with E-state index in [4.69, 9.17) is 10.5 Å². The smallest absolute Gasteiger partial charge is 0.134 e. The second-order valence-electron chi connectivity index (χ2n) is 4.89. The van der Waals surface area contributed by atoms with E-state index in [0.29, 0.717) is 6.54 Å². The molecule has 18 heavy (non-hydrogen) atoms. The molecule has 0 aliphatic heterocycles. The van der Waals surface area contributed by atoms with Gasteiger partial charge >= 0.3 is 0 Å². The summed E-state index contributed by atoms with van der Waals surface area (Å²) < 4.78 is 5.80.